The molecular weight excluding hydrogens is 530 g/mol. The van der Waals surface area contributed by atoms with Crippen LogP contribution < -0.4 is 10.6 Å². The zero-order valence-electron chi connectivity index (χ0n) is 26.0. The van der Waals surface area contributed by atoms with E-state index in [4.69, 9.17) is 14.5 Å². The SMILES string of the molecule is COC(=O)c1ccc(CNC(=O)Cc2c(C)nc(CC(C)C)c(CNC(=O)OC(C)(C)C)c2-c2ccc(C)cc2)cc1. The molecule has 0 unspecified atom stereocenters. The van der Waals surface area contributed by atoms with E-state index < -0.39 is 17.7 Å². The number of esters is 1. The van der Waals surface area contributed by atoms with Crippen LogP contribution in [0.1, 0.15) is 78.6 Å². The predicted molar refractivity (Wildman–Crippen MR) is 164 cm³/mol. The summed E-state index contributed by atoms with van der Waals surface area (Å²) < 4.78 is 10.3. The minimum atomic E-state index is -0.626. The smallest absolute Gasteiger partial charge is 0.407 e. The third-order valence-electron chi connectivity index (χ3n) is 6.64. The van der Waals surface area contributed by atoms with E-state index in [2.05, 4.69) is 24.5 Å². The molecule has 0 aliphatic rings. The molecule has 0 aliphatic heterocycles. The van der Waals surface area contributed by atoms with E-state index in [1.54, 1.807) is 24.3 Å². The second-order valence-corrected chi connectivity index (χ2v) is 11.9. The number of methoxy groups -OCH3 is 1. The maximum atomic E-state index is 13.3. The lowest BCUT2D eigenvalue weighted by Crippen LogP contribution is -2.33. The third kappa shape index (κ3) is 9.16. The van der Waals surface area contributed by atoms with E-state index in [1.165, 1.54) is 7.11 Å². The number of carbonyl (C=O) groups excluding carboxylic acids is 3. The summed E-state index contributed by atoms with van der Waals surface area (Å²) in [6, 6.07) is 15.1. The van der Waals surface area contributed by atoms with E-state index >= 15 is 0 Å². The van der Waals surface area contributed by atoms with Crippen LogP contribution in [0.3, 0.4) is 0 Å². The standard InChI is InChI=1S/C34H43N3O5/c1-21(2)17-29-28(20-36-33(40)42-34(5,6)7)31(25-13-9-22(3)10-14-25)27(23(4)37-29)18-30(38)35-19-24-11-15-26(16-12-24)32(39)41-8/h9-16,21H,17-20H2,1-8H3,(H,35,38)(H,36,40). The van der Waals surface area contributed by atoms with Gasteiger partial charge in [-0.2, -0.15) is 0 Å². The van der Waals surface area contributed by atoms with Crippen molar-refractivity contribution in [2.75, 3.05) is 7.11 Å². The highest BCUT2D eigenvalue weighted by Gasteiger charge is 2.23. The third-order valence-corrected chi connectivity index (χ3v) is 6.64. The van der Waals surface area contributed by atoms with Crippen LogP contribution in [0.5, 0.6) is 0 Å². The number of amides is 2. The fraction of sp³-hybridized carbons (Fsp3) is 0.412. The first-order valence-electron chi connectivity index (χ1n) is 14.3. The summed E-state index contributed by atoms with van der Waals surface area (Å²) in [6.45, 7) is 14.2. The van der Waals surface area contributed by atoms with Crippen molar-refractivity contribution in [1.29, 1.82) is 0 Å². The molecule has 0 bridgehead atoms. The highest BCUT2D eigenvalue weighted by Crippen LogP contribution is 2.33. The first kappa shape index (κ1) is 32.3. The van der Waals surface area contributed by atoms with Gasteiger partial charge < -0.3 is 20.1 Å². The molecule has 1 heterocycles. The van der Waals surface area contributed by atoms with Gasteiger partial charge in [-0.05, 0) is 81.3 Å². The molecule has 0 aliphatic carbocycles. The van der Waals surface area contributed by atoms with Crippen molar-refractivity contribution < 1.29 is 23.9 Å². The summed E-state index contributed by atoms with van der Waals surface area (Å²) in [5.74, 6) is -0.231. The van der Waals surface area contributed by atoms with Crippen molar-refractivity contribution in [3.63, 3.8) is 0 Å². The van der Waals surface area contributed by atoms with Crippen molar-refractivity contribution in [1.82, 2.24) is 15.6 Å². The second-order valence-electron chi connectivity index (χ2n) is 11.9. The van der Waals surface area contributed by atoms with E-state index in [-0.39, 0.29) is 18.9 Å². The van der Waals surface area contributed by atoms with Gasteiger partial charge in [0.1, 0.15) is 5.60 Å². The molecule has 0 saturated heterocycles. The van der Waals surface area contributed by atoms with E-state index in [0.717, 1.165) is 51.2 Å². The number of benzene rings is 2. The number of rotatable bonds is 10. The molecule has 0 radical (unpaired) electrons. The van der Waals surface area contributed by atoms with Crippen molar-refractivity contribution >= 4 is 18.0 Å². The number of ether oxygens (including phenoxy) is 2. The zero-order chi connectivity index (χ0) is 31.0. The Labute approximate surface area is 249 Å². The Bertz CT molecular complexity index is 1410. The topological polar surface area (TPSA) is 107 Å². The average molecular weight is 574 g/mol. The van der Waals surface area contributed by atoms with Crippen LogP contribution in [-0.2, 0) is 40.2 Å². The van der Waals surface area contributed by atoms with Gasteiger partial charge in [-0.25, -0.2) is 9.59 Å². The van der Waals surface area contributed by atoms with Gasteiger partial charge in [0.2, 0.25) is 5.91 Å². The normalized spacial score (nSPS) is 11.3. The fourth-order valence-corrected chi connectivity index (χ4v) is 4.65. The van der Waals surface area contributed by atoms with Gasteiger partial charge in [0, 0.05) is 30.0 Å². The predicted octanol–water partition coefficient (Wildman–Crippen LogP) is 6.23. The van der Waals surface area contributed by atoms with Crippen LogP contribution in [0, 0.1) is 19.8 Å². The molecule has 224 valence electrons. The Hall–Kier alpha value is -4.20. The highest BCUT2D eigenvalue weighted by molar-refractivity contribution is 5.89. The Morgan fingerprint density at radius 2 is 1.52 bits per heavy atom. The Balaban J connectivity index is 1.97. The molecule has 2 amide bonds. The van der Waals surface area contributed by atoms with Gasteiger partial charge in [0.25, 0.3) is 0 Å². The van der Waals surface area contributed by atoms with Gasteiger partial charge >= 0.3 is 12.1 Å². The lowest BCUT2D eigenvalue weighted by molar-refractivity contribution is -0.120. The number of pyridine rings is 1. The Morgan fingerprint density at radius 3 is 2.10 bits per heavy atom. The molecule has 0 spiro atoms. The van der Waals surface area contributed by atoms with Crippen LogP contribution in [0.4, 0.5) is 4.79 Å². The van der Waals surface area contributed by atoms with Gasteiger partial charge in [0.15, 0.2) is 0 Å². The van der Waals surface area contributed by atoms with Gasteiger partial charge in [0.05, 0.1) is 19.1 Å². The number of carbonyl (C=O) groups is 3. The lowest BCUT2D eigenvalue weighted by atomic mass is 9.88. The van der Waals surface area contributed by atoms with Crippen LogP contribution >= 0.6 is 0 Å². The Morgan fingerprint density at radius 1 is 0.881 bits per heavy atom. The molecular formula is C34H43N3O5. The quantitative estimate of drug-likeness (QED) is 0.278. The molecule has 8 nitrogen and oxygen atoms in total. The maximum Gasteiger partial charge on any atom is 0.407 e. The number of alkyl carbamates (subject to hydrolysis) is 1. The van der Waals surface area contributed by atoms with E-state index in [9.17, 15) is 14.4 Å². The zero-order valence-corrected chi connectivity index (χ0v) is 26.0. The molecule has 8 heteroatoms. The molecule has 0 saturated carbocycles. The van der Waals surface area contributed by atoms with Crippen molar-refractivity contribution in [3.8, 4) is 11.1 Å². The van der Waals surface area contributed by atoms with Crippen molar-refractivity contribution in [2.24, 2.45) is 5.92 Å². The summed E-state index contributed by atoms with van der Waals surface area (Å²) >= 11 is 0. The Kier molecular flexibility index (Phi) is 10.9. The summed E-state index contributed by atoms with van der Waals surface area (Å²) in [5.41, 5.74) is 7.03. The lowest BCUT2D eigenvalue weighted by Gasteiger charge is -2.23. The number of nitrogens with one attached hydrogen (secondary N) is 2. The first-order valence-corrected chi connectivity index (χ1v) is 14.3. The minimum Gasteiger partial charge on any atom is -0.465 e. The summed E-state index contributed by atoms with van der Waals surface area (Å²) in [7, 11) is 1.34. The van der Waals surface area contributed by atoms with E-state index in [0.29, 0.717) is 18.0 Å². The number of hydrogen-bond acceptors (Lipinski definition) is 6. The van der Waals surface area contributed by atoms with Crippen LogP contribution in [0.2, 0.25) is 0 Å². The van der Waals surface area contributed by atoms with E-state index in [1.807, 2.05) is 58.9 Å². The summed E-state index contributed by atoms with van der Waals surface area (Å²) in [4.78, 5) is 42.6. The number of aromatic nitrogens is 1. The van der Waals surface area contributed by atoms with Crippen LogP contribution in [0.15, 0.2) is 48.5 Å². The maximum absolute atomic E-state index is 13.3. The molecule has 0 atom stereocenters. The fourth-order valence-electron chi connectivity index (χ4n) is 4.65. The van der Waals surface area contributed by atoms with Crippen molar-refractivity contribution in [3.05, 3.63) is 87.7 Å². The molecule has 1 aromatic heterocycles. The van der Waals surface area contributed by atoms with Gasteiger partial charge in [-0.1, -0.05) is 55.8 Å². The van der Waals surface area contributed by atoms with Gasteiger partial charge in [-0.3, -0.25) is 9.78 Å². The largest absolute Gasteiger partial charge is 0.465 e. The molecule has 3 aromatic rings. The molecule has 3 rings (SSSR count). The average Bonchev–Trinajstić information content (AvgIpc) is 2.91. The highest BCUT2D eigenvalue weighted by atomic mass is 16.6. The molecule has 2 N–H and O–H groups in total. The number of nitrogens with zero attached hydrogens (tertiary/aromatic N) is 1. The number of hydrogen-bond donors (Lipinski definition) is 2. The summed E-state index contributed by atoms with van der Waals surface area (Å²) in [6.07, 6.45) is 0.328. The number of aryl methyl sites for hydroxylation is 2. The van der Waals surface area contributed by atoms with Gasteiger partial charge in [-0.15, -0.1) is 0 Å². The van der Waals surface area contributed by atoms with Crippen LogP contribution in [-0.4, -0.2) is 35.7 Å². The monoisotopic (exact) mass is 573 g/mol. The first-order chi connectivity index (χ1) is 19.8. The van der Waals surface area contributed by atoms with Crippen LogP contribution in [0.25, 0.3) is 11.1 Å². The second kappa shape index (κ2) is 14.1. The minimum absolute atomic E-state index is 0.115. The summed E-state index contributed by atoms with van der Waals surface area (Å²) in [5, 5.41) is 5.91. The molecule has 42 heavy (non-hydrogen) atoms. The van der Waals surface area contributed by atoms with Crippen molar-refractivity contribution in [2.45, 2.75) is 80.0 Å². The molecule has 0 fully saturated rings. The molecule has 2 aromatic carbocycles.